The molecule has 1 aliphatic heterocycles. The van der Waals surface area contributed by atoms with Crippen LogP contribution in [-0.2, 0) is 4.74 Å². The van der Waals surface area contributed by atoms with Crippen molar-refractivity contribution in [1.82, 2.24) is 4.90 Å². The van der Waals surface area contributed by atoms with Crippen LogP contribution in [0.25, 0.3) is 0 Å². The molecular weight excluding hydrogens is 246 g/mol. The Morgan fingerprint density at radius 3 is 2.47 bits per heavy atom. The van der Waals surface area contributed by atoms with Gasteiger partial charge in [0.25, 0.3) is 5.91 Å². The van der Waals surface area contributed by atoms with Crippen LogP contribution in [-0.4, -0.2) is 43.9 Å². The normalized spacial score (nSPS) is 17.4. The highest BCUT2D eigenvalue weighted by Gasteiger charge is 2.37. The van der Waals surface area contributed by atoms with E-state index in [9.17, 15) is 4.79 Å². The molecule has 1 aromatic rings. The highest BCUT2D eigenvalue weighted by atomic mass is 16.5. The van der Waals surface area contributed by atoms with Crippen molar-refractivity contribution in [2.75, 3.05) is 27.6 Å². The van der Waals surface area contributed by atoms with E-state index in [0.29, 0.717) is 30.4 Å². The molecule has 1 amide bonds. The standard InChI is InChI=1S/C14H19NO4/c1-14(2)8-19-9-15(14)13(16)10-5-6-11(17-3)12(7-10)18-4/h5-7H,8-9H2,1-4H3. The first-order valence-corrected chi connectivity index (χ1v) is 6.11. The lowest BCUT2D eigenvalue weighted by Crippen LogP contribution is -2.44. The number of nitrogens with zero attached hydrogens (tertiary/aromatic N) is 1. The molecule has 5 heteroatoms. The van der Waals surface area contributed by atoms with Gasteiger partial charge >= 0.3 is 0 Å². The monoisotopic (exact) mass is 265 g/mol. The maximum atomic E-state index is 12.5. The van der Waals surface area contributed by atoms with Crippen LogP contribution in [0.3, 0.4) is 0 Å². The summed E-state index contributed by atoms with van der Waals surface area (Å²) in [5, 5.41) is 0. The van der Waals surface area contributed by atoms with Crippen LogP contribution in [0.2, 0.25) is 0 Å². The van der Waals surface area contributed by atoms with Gasteiger partial charge in [-0.3, -0.25) is 4.79 Å². The Hall–Kier alpha value is -1.75. The van der Waals surface area contributed by atoms with E-state index in [-0.39, 0.29) is 11.4 Å². The fourth-order valence-corrected chi connectivity index (χ4v) is 2.10. The first kappa shape index (κ1) is 13.7. The summed E-state index contributed by atoms with van der Waals surface area (Å²) in [5.74, 6) is 1.09. The second-order valence-electron chi connectivity index (χ2n) is 5.09. The number of rotatable bonds is 3. The maximum absolute atomic E-state index is 12.5. The molecule has 0 radical (unpaired) electrons. The number of carbonyl (C=O) groups excluding carboxylic acids is 1. The molecule has 1 heterocycles. The average molecular weight is 265 g/mol. The van der Waals surface area contributed by atoms with E-state index >= 15 is 0 Å². The van der Waals surface area contributed by atoms with Gasteiger partial charge in [-0.1, -0.05) is 0 Å². The van der Waals surface area contributed by atoms with Gasteiger partial charge in [0.2, 0.25) is 0 Å². The number of hydrogen-bond donors (Lipinski definition) is 0. The fourth-order valence-electron chi connectivity index (χ4n) is 2.10. The smallest absolute Gasteiger partial charge is 0.256 e. The quantitative estimate of drug-likeness (QED) is 0.837. The van der Waals surface area contributed by atoms with Gasteiger partial charge in [0.1, 0.15) is 6.73 Å². The molecule has 104 valence electrons. The summed E-state index contributed by atoms with van der Waals surface area (Å²) in [5.41, 5.74) is 0.278. The highest BCUT2D eigenvalue weighted by Crippen LogP contribution is 2.30. The third-order valence-electron chi connectivity index (χ3n) is 3.28. The lowest BCUT2D eigenvalue weighted by atomic mass is 10.0. The molecule has 1 aromatic carbocycles. The van der Waals surface area contributed by atoms with Gasteiger partial charge in [0.05, 0.1) is 26.4 Å². The molecule has 0 aromatic heterocycles. The van der Waals surface area contributed by atoms with Crippen LogP contribution in [0.4, 0.5) is 0 Å². The fraction of sp³-hybridized carbons (Fsp3) is 0.500. The van der Waals surface area contributed by atoms with Crippen LogP contribution in [0.1, 0.15) is 24.2 Å². The third-order valence-corrected chi connectivity index (χ3v) is 3.28. The maximum Gasteiger partial charge on any atom is 0.256 e. The molecule has 0 saturated carbocycles. The minimum absolute atomic E-state index is 0.0662. The van der Waals surface area contributed by atoms with Crippen LogP contribution in [0.5, 0.6) is 11.5 Å². The van der Waals surface area contributed by atoms with Crippen molar-refractivity contribution in [2.45, 2.75) is 19.4 Å². The molecule has 0 spiro atoms. The predicted octanol–water partition coefficient (Wildman–Crippen LogP) is 1.91. The predicted molar refractivity (Wildman–Crippen MR) is 70.6 cm³/mol. The van der Waals surface area contributed by atoms with Gasteiger partial charge in [0, 0.05) is 5.56 Å². The molecule has 0 unspecified atom stereocenters. The van der Waals surface area contributed by atoms with Crippen molar-refractivity contribution < 1.29 is 19.0 Å². The van der Waals surface area contributed by atoms with Crippen LogP contribution < -0.4 is 9.47 Å². The molecule has 1 saturated heterocycles. The molecule has 0 atom stereocenters. The van der Waals surface area contributed by atoms with Gasteiger partial charge in [-0.2, -0.15) is 0 Å². The summed E-state index contributed by atoms with van der Waals surface area (Å²) >= 11 is 0. The topological polar surface area (TPSA) is 48.0 Å². The Kier molecular flexibility index (Phi) is 3.66. The molecule has 5 nitrogen and oxygen atoms in total. The zero-order chi connectivity index (χ0) is 14.0. The zero-order valence-electron chi connectivity index (χ0n) is 11.7. The van der Waals surface area contributed by atoms with E-state index in [1.807, 2.05) is 13.8 Å². The summed E-state index contributed by atoms with van der Waals surface area (Å²) < 4.78 is 15.7. The van der Waals surface area contributed by atoms with Crippen LogP contribution >= 0.6 is 0 Å². The number of benzene rings is 1. The average Bonchev–Trinajstić information content (AvgIpc) is 2.76. The van der Waals surface area contributed by atoms with E-state index in [1.54, 1.807) is 37.3 Å². The summed E-state index contributed by atoms with van der Waals surface area (Å²) in [6.45, 7) is 4.84. The van der Waals surface area contributed by atoms with Crippen molar-refractivity contribution >= 4 is 5.91 Å². The summed E-state index contributed by atoms with van der Waals surface area (Å²) in [6.07, 6.45) is 0. The number of carbonyl (C=O) groups is 1. The third kappa shape index (κ3) is 2.51. The Morgan fingerprint density at radius 2 is 1.95 bits per heavy atom. The summed E-state index contributed by atoms with van der Waals surface area (Å²) in [7, 11) is 3.12. The SMILES string of the molecule is COc1ccc(C(=O)N2COCC2(C)C)cc1OC. The van der Waals surface area contributed by atoms with Gasteiger partial charge < -0.3 is 19.1 Å². The van der Waals surface area contributed by atoms with E-state index in [4.69, 9.17) is 14.2 Å². The van der Waals surface area contributed by atoms with E-state index in [1.165, 1.54) is 0 Å². The largest absolute Gasteiger partial charge is 0.493 e. The molecule has 0 aliphatic carbocycles. The Balaban J connectivity index is 2.29. The molecule has 2 rings (SSSR count). The second-order valence-corrected chi connectivity index (χ2v) is 5.09. The van der Waals surface area contributed by atoms with Gasteiger partial charge in [-0.25, -0.2) is 0 Å². The molecule has 19 heavy (non-hydrogen) atoms. The molecular formula is C14H19NO4. The van der Waals surface area contributed by atoms with Crippen molar-refractivity contribution in [1.29, 1.82) is 0 Å². The summed E-state index contributed by atoms with van der Waals surface area (Å²) in [6, 6.07) is 5.16. The lowest BCUT2D eigenvalue weighted by Gasteiger charge is -2.29. The number of ether oxygens (including phenoxy) is 3. The zero-order valence-corrected chi connectivity index (χ0v) is 11.7. The van der Waals surface area contributed by atoms with Crippen molar-refractivity contribution in [3.8, 4) is 11.5 Å². The number of amides is 1. The highest BCUT2D eigenvalue weighted by molar-refractivity contribution is 5.95. The van der Waals surface area contributed by atoms with E-state index < -0.39 is 0 Å². The first-order valence-electron chi connectivity index (χ1n) is 6.11. The Bertz CT molecular complexity index is 484. The Labute approximate surface area is 113 Å². The lowest BCUT2D eigenvalue weighted by molar-refractivity contribution is 0.0605. The summed E-state index contributed by atoms with van der Waals surface area (Å²) in [4.78, 5) is 14.2. The first-order chi connectivity index (χ1) is 8.99. The molecule has 0 bridgehead atoms. The molecule has 1 aliphatic rings. The van der Waals surface area contributed by atoms with Gasteiger partial charge in [0.15, 0.2) is 11.5 Å². The van der Waals surface area contributed by atoms with Crippen molar-refractivity contribution in [3.63, 3.8) is 0 Å². The van der Waals surface area contributed by atoms with Crippen LogP contribution in [0.15, 0.2) is 18.2 Å². The molecule has 1 fully saturated rings. The molecule has 0 N–H and O–H groups in total. The minimum atomic E-state index is -0.287. The van der Waals surface area contributed by atoms with Gasteiger partial charge in [-0.15, -0.1) is 0 Å². The van der Waals surface area contributed by atoms with Crippen molar-refractivity contribution in [3.05, 3.63) is 23.8 Å². The van der Waals surface area contributed by atoms with E-state index in [0.717, 1.165) is 0 Å². The van der Waals surface area contributed by atoms with Gasteiger partial charge in [-0.05, 0) is 32.0 Å². The minimum Gasteiger partial charge on any atom is -0.493 e. The number of methoxy groups -OCH3 is 2. The Morgan fingerprint density at radius 1 is 1.26 bits per heavy atom. The van der Waals surface area contributed by atoms with Crippen molar-refractivity contribution in [2.24, 2.45) is 0 Å². The van der Waals surface area contributed by atoms with Crippen LogP contribution in [0, 0.1) is 0 Å². The van der Waals surface area contributed by atoms with E-state index in [2.05, 4.69) is 0 Å². The second kappa shape index (κ2) is 5.09. The number of hydrogen-bond acceptors (Lipinski definition) is 4.